The van der Waals surface area contributed by atoms with Gasteiger partial charge in [0.15, 0.2) is 0 Å². The summed E-state index contributed by atoms with van der Waals surface area (Å²) < 4.78 is 0.952. The molecule has 2 N–H and O–H groups in total. The number of halogens is 1. The molecule has 0 unspecified atom stereocenters. The Labute approximate surface area is 129 Å². The lowest BCUT2D eigenvalue weighted by Crippen LogP contribution is -2.03. The van der Waals surface area contributed by atoms with E-state index in [1.54, 1.807) is 6.20 Å². The molecule has 4 rings (SSSR count). The monoisotopic (exact) mass is 339 g/mol. The predicted octanol–water partition coefficient (Wildman–Crippen LogP) is 3.82. The van der Waals surface area contributed by atoms with E-state index in [-0.39, 0.29) is 5.91 Å². The van der Waals surface area contributed by atoms with Crippen molar-refractivity contribution in [2.45, 2.75) is 0 Å². The number of nitrogens with one attached hydrogen (secondary N) is 2. The summed E-state index contributed by atoms with van der Waals surface area (Å²) >= 11 is 3.45. The van der Waals surface area contributed by atoms with Crippen LogP contribution in [0, 0.1) is 0 Å². The molecule has 0 bridgehead atoms. The lowest BCUT2D eigenvalue weighted by Gasteiger charge is -2.00. The van der Waals surface area contributed by atoms with Gasteiger partial charge >= 0.3 is 0 Å². The van der Waals surface area contributed by atoms with Gasteiger partial charge in [-0.3, -0.25) is 9.89 Å². The van der Waals surface area contributed by atoms with E-state index >= 15 is 0 Å². The molecule has 0 aliphatic carbocycles. The van der Waals surface area contributed by atoms with Crippen LogP contribution in [0.4, 0.5) is 5.69 Å². The second-order valence-corrected chi connectivity index (χ2v) is 5.83. The number of benzene rings is 2. The van der Waals surface area contributed by atoms with Crippen LogP contribution in [0.2, 0.25) is 0 Å². The predicted molar refractivity (Wildman–Crippen MR) is 86.7 cm³/mol. The summed E-state index contributed by atoms with van der Waals surface area (Å²) in [7, 11) is 0. The Balaban J connectivity index is 1.85. The third kappa shape index (κ3) is 2.06. The zero-order valence-corrected chi connectivity index (χ0v) is 12.4. The lowest BCUT2D eigenvalue weighted by molar-refractivity contribution is -0.110. The number of carbonyl (C=O) groups excluding carboxylic acids is 1. The van der Waals surface area contributed by atoms with Crippen molar-refractivity contribution in [1.82, 2.24) is 10.2 Å². The van der Waals surface area contributed by atoms with E-state index in [0.717, 1.165) is 32.2 Å². The van der Waals surface area contributed by atoms with Crippen LogP contribution in [-0.2, 0) is 4.79 Å². The minimum absolute atomic E-state index is 0.0761. The number of amides is 1. The number of hydrogen-bond donors (Lipinski definition) is 2. The van der Waals surface area contributed by atoms with Crippen molar-refractivity contribution in [3.05, 3.63) is 58.2 Å². The Morgan fingerprint density at radius 2 is 2.05 bits per heavy atom. The van der Waals surface area contributed by atoms with Gasteiger partial charge in [0.05, 0.1) is 11.7 Å². The van der Waals surface area contributed by atoms with Gasteiger partial charge in [0.2, 0.25) is 0 Å². The second-order valence-electron chi connectivity index (χ2n) is 4.92. The number of fused-ring (bicyclic) bond motifs is 2. The number of rotatable bonds is 1. The highest BCUT2D eigenvalue weighted by molar-refractivity contribution is 9.10. The Morgan fingerprint density at radius 1 is 1.14 bits per heavy atom. The molecule has 1 aliphatic rings. The zero-order chi connectivity index (χ0) is 14.4. The van der Waals surface area contributed by atoms with Gasteiger partial charge in [-0.2, -0.15) is 5.10 Å². The summed E-state index contributed by atoms with van der Waals surface area (Å²) in [6.45, 7) is 0. The van der Waals surface area contributed by atoms with E-state index in [1.165, 1.54) is 0 Å². The number of aromatic nitrogens is 2. The molecular weight excluding hydrogens is 330 g/mol. The van der Waals surface area contributed by atoms with Crippen molar-refractivity contribution in [3.63, 3.8) is 0 Å². The van der Waals surface area contributed by atoms with Gasteiger partial charge in [0.1, 0.15) is 0 Å². The van der Waals surface area contributed by atoms with Crippen molar-refractivity contribution < 1.29 is 4.79 Å². The number of nitrogens with zero attached hydrogens (tertiary/aromatic N) is 1. The third-order valence-corrected chi connectivity index (χ3v) is 4.03. The number of carbonyl (C=O) groups is 1. The summed E-state index contributed by atoms with van der Waals surface area (Å²) in [6, 6.07) is 11.7. The first-order valence-electron chi connectivity index (χ1n) is 6.47. The van der Waals surface area contributed by atoms with Crippen molar-refractivity contribution in [1.29, 1.82) is 0 Å². The molecule has 1 aromatic heterocycles. The average Bonchev–Trinajstić information content (AvgIpc) is 3.04. The van der Waals surface area contributed by atoms with Gasteiger partial charge in [-0.25, -0.2) is 0 Å². The number of H-pyrrole nitrogens is 1. The quantitative estimate of drug-likeness (QED) is 0.662. The molecule has 3 aromatic rings. The molecule has 2 aromatic carbocycles. The van der Waals surface area contributed by atoms with E-state index in [2.05, 4.69) is 31.4 Å². The van der Waals surface area contributed by atoms with Crippen molar-refractivity contribution in [2.24, 2.45) is 0 Å². The number of anilines is 1. The van der Waals surface area contributed by atoms with Crippen molar-refractivity contribution in [3.8, 4) is 0 Å². The molecule has 0 radical (unpaired) electrons. The molecule has 0 fully saturated rings. The molecule has 1 aliphatic heterocycles. The minimum atomic E-state index is -0.0761. The van der Waals surface area contributed by atoms with E-state index in [9.17, 15) is 4.79 Å². The molecule has 5 heteroatoms. The van der Waals surface area contributed by atoms with Gasteiger partial charge in [-0.05, 0) is 35.9 Å². The Bertz CT molecular complexity index is 911. The molecule has 4 nitrogen and oxygen atoms in total. The van der Waals surface area contributed by atoms with Crippen LogP contribution < -0.4 is 5.32 Å². The van der Waals surface area contributed by atoms with Gasteiger partial charge in [-0.1, -0.05) is 28.1 Å². The molecule has 2 heterocycles. The molecule has 1 amide bonds. The zero-order valence-electron chi connectivity index (χ0n) is 10.9. The summed E-state index contributed by atoms with van der Waals surface area (Å²) in [5.74, 6) is -0.0761. The van der Waals surface area contributed by atoms with Crippen LogP contribution in [0.3, 0.4) is 0 Å². The highest BCUT2D eigenvalue weighted by atomic mass is 79.9. The van der Waals surface area contributed by atoms with Crippen molar-refractivity contribution >= 4 is 50.1 Å². The second kappa shape index (κ2) is 4.56. The van der Waals surface area contributed by atoms with E-state index < -0.39 is 0 Å². The first kappa shape index (κ1) is 12.3. The maximum Gasteiger partial charge on any atom is 0.256 e. The standard InChI is InChI=1S/C16H10BrN3O/c17-11-3-4-14-12(7-11)13(16(21)19-14)5-9-1-2-10-8-18-20-15(10)6-9/h1-8H,(H,18,20)(H,19,21). The van der Waals surface area contributed by atoms with Crippen LogP contribution in [0.1, 0.15) is 11.1 Å². The SMILES string of the molecule is O=C1Nc2ccc(Br)cc2C1=Cc1ccc2cn[nH]c2c1. The van der Waals surface area contributed by atoms with E-state index in [0.29, 0.717) is 5.57 Å². The van der Waals surface area contributed by atoms with Crippen LogP contribution in [0.25, 0.3) is 22.6 Å². The maximum atomic E-state index is 12.1. The van der Waals surface area contributed by atoms with Gasteiger partial charge in [-0.15, -0.1) is 0 Å². The minimum Gasteiger partial charge on any atom is -0.321 e. The molecule has 0 atom stereocenters. The highest BCUT2D eigenvalue weighted by Crippen LogP contribution is 2.35. The Hall–Kier alpha value is -2.40. The van der Waals surface area contributed by atoms with Gasteiger partial charge in [0, 0.05) is 26.7 Å². The molecule has 0 saturated heterocycles. The van der Waals surface area contributed by atoms with Crippen LogP contribution >= 0.6 is 15.9 Å². The Morgan fingerprint density at radius 3 is 2.95 bits per heavy atom. The summed E-state index contributed by atoms with van der Waals surface area (Å²) in [6.07, 6.45) is 3.68. The molecule has 0 spiro atoms. The molecule has 21 heavy (non-hydrogen) atoms. The fraction of sp³-hybridized carbons (Fsp3) is 0. The van der Waals surface area contributed by atoms with Gasteiger partial charge in [0.25, 0.3) is 5.91 Å². The van der Waals surface area contributed by atoms with Crippen LogP contribution in [-0.4, -0.2) is 16.1 Å². The Kier molecular flexibility index (Phi) is 2.68. The third-order valence-electron chi connectivity index (χ3n) is 3.54. The van der Waals surface area contributed by atoms with Gasteiger partial charge < -0.3 is 5.32 Å². The molecule has 0 saturated carbocycles. The first-order valence-corrected chi connectivity index (χ1v) is 7.26. The number of hydrogen-bond acceptors (Lipinski definition) is 2. The summed E-state index contributed by atoms with van der Waals surface area (Å²) in [5.41, 5.74) is 4.35. The first-order chi connectivity index (χ1) is 10.2. The van der Waals surface area contributed by atoms with Crippen LogP contribution in [0.15, 0.2) is 47.1 Å². The normalized spacial score (nSPS) is 15.5. The topological polar surface area (TPSA) is 57.8 Å². The summed E-state index contributed by atoms with van der Waals surface area (Å²) in [4.78, 5) is 12.1. The number of aromatic amines is 1. The smallest absolute Gasteiger partial charge is 0.256 e. The lowest BCUT2D eigenvalue weighted by atomic mass is 10.0. The van der Waals surface area contributed by atoms with E-state index in [1.807, 2.05) is 42.5 Å². The average molecular weight is 340 g/mol. The molecular formula is C16H10BrN3O. The van der Waals surface area contributed by atoms with Crippen LogP contribution in [0.5, 0.6) is 0 Å². The fourth-order valence-corrected chi connectivity index (χ4v) is 2.88. The fourth-order valence-electron chi connectivity index (χ4n) is 2.51. The largest absolute Gasteiger partial charge is 0.321 e. The van der Waals surface area contributed by atoms with Crippen molar-refractivity contribution in [2.75, 3.05) is 5.32 Å². The molecule has 102 valence electrons. The highest BCUT2D eigenvalue weighted by Gasteiger charge is 2.24. The maximum absolute atomic E-state index is 12.1. The van der Waals surface area contributed by atoms with E-state index in [4.69, 9.17) is 0 Å². The summed E-state index contributed by atoms with van der Waals surface area (Å²) in [5, 5.41) is 10.9.